The number of alkyl halides is 3. The SMILES string of the molecule is CCCC=Cc1cc(F)c(CCc2cc(F)c(C(F)(F)F)c(F)c2)c(F)c1. The largest absolute Gasteiger partial charge is 0.422 e. The van der Waals surface area contributed by atoms with E-state index in [0.29, 0.717) is 17.7 Å². The molecule has 0 N–H and O–H groups in total. The molecule has 0 aliphatic rings. The molecule has 0 saturated carbocycles. The molecule has 0 aromatic heterocycles. The molecule has 0 atom stereocenters. The summed E-state index contributed by atoms with van der Waals surface area (Å²) in [6.07, 6.45) is -0.616. The van der Waals surface area contributed by atoms with Crippen molar-refractivity contribution in [2.24, 2.45) is 0 Å². The number of allylic oxidation sites excluding steroid dienone is 1. The van der Waals surface area contributed by atoms with Crippen LogP contribution in [0.15, 0.2) is 30.3 Å². The molecule has 2 aromatic carbocycles. The van der Waals surface area contributed by atoms with Crippen LogP contribution in [0.5, 0.6) is 0 Å². The smallest absolute Gasteiger partial charge is 0.207 e. The first-order valence-electron chi connectivity index (χ1n) is 8.33. The first-order valence-corrected chi connectivity index (χ1v) is 8.33. The third-order valence-corrected chi connectivity index (χ3v) is 3.98. The van der Waals surface area contributed by atoms with Crippen molar-refractivity contribution in [3.63, 3.8) is 0 Å². The summed E-state index contributed by atoms with van der Waals surface area (Å²) in [6.45, 7) is 1.96. The highest BCUT2D eigenvalue weighted by molar-refractivity contribution is 5.50. The fraction of sp³-hybridized carbons (Fsp3) is 0.300. The highest BCUT2D eigenvalue weighted by Gasteiger charge is 2.37. The van der Waals surface area contributed by atoms with Gasteiger partial charge in [-0.25, -0.2) is 17.6 Å². The van der Waals surface area contributed by atoms with E-state index in [4.69, 9.17) is 0 Å². The Hall–Kier alpha value is -2.31. The van der Waals surface area contributed by atoms with E-state index in [9.17, 15) is 30.7 Å². The Bertz CT molecular complexity index is 789. The normalized spacial score (nSPS) is 12.1. The molecule has 2 rings (SSSR count). The number of halogens is 7. The molecule has 0 spiro atoms. The Labute approximate surface area is 152 Å². The van der Waals surface area contributed by atoms with Crippen LogP contribution in [-0.2, 0) is 19.0 Å². The standard InChI is InChI=1S/C20H17F7/c1-2-3-4-5-12-8-15(21)14(16(22)9-12)7-6-13-10-17(23)19(18(24)11-13)20(25,26)27/h4-5,8-11H,2-3,6-7H2,1H3. The molecule has 0 bridgehead atoms. The van der Waals surface area contributed by atoms with Gasteiger partial charge in [-0.2, -0.15) is 13.2 Å². The van der Waals surface area contributed by atoms with Gasteiger partial charge < -0.3 is 0 Å². The minimum Gasteiger partial charge on any atom is -0.207 e. The van der Waals surface area contributed by atoms with Gasteiger partial charge in [-0.05, 0) is 54.7 Å². The molecule has 0 saturated heterocycles. The monoisotopic (exact) mass is 390 g/mol. The predicted molar refractivity (Wildman–Crippen MR) is 89.1 cm³/mol. The van der Waals surface area contributed by atoms with Crippen molar-refractivity contribution >= 4 is 6.08 Å². The summed E-state index contributed by atoms with van der Waals surface area (Å²) in [7, 11) is 0. The first kappa shape index (κ1) is 21.0. The van der Waals surface area contributed by atoms with E-state index in [-0.39, 0.29) is 24.0 Å². The molecule has 0 nitrogen and oxygen atoms in total. The highest BCUT2D eigenvalue weighted by atomic mass is 19.4. The van der Waals surface area contributed by atoms with Gasteiger partial charge in [0.25, 0.3) is 0 Å². The predicted octanol–water partition coefficient (Wildman–Crippen LogP) is 6.86. The fourth-order valence-corrected chi connectivity index (χ4v) is 2.65. The van der Waals surface area contributed by atoms with E-state index >= 15 is 0 Å². The van der Waals surface area contributed by atoms with Gasteiger partial charge in [0.05, 0.1) is 0 Å². The molecule has 0 aliphatic carbocycles. The third kappa shape index (κ3) is 5.34. The summed E-state index contributed by atoms with van der Waals surface area (Å²) in [5, 5.41) is 0. The number of unbranched alkanes of at least 4 members (excludes halogenated alkanes) is 1. The van der Waals surface area contributed by atoms with Crippen molar-refractivity contribution in [1.82, 2.24) is 0 Å². The lowest BCUT2D eigenvalue weighted by atomic mass is 10.00. The van der Waals surface area contributed by atoms with Crippen molar-refractivity contribution in [2.75, 3.05) is 0 Å². The van der Waals surface area contributed by atoms with Crippen LogP contribution in [0.25, 0.3) is 6.08 Å². The van der Waals surface area contributed by atoms with Crippen molar-refractivity contribution in [1.29, 1.82) is 0 Å². The van der Waals surface area contributed by atoms with E-state index in [1.165, 1.54) is 0 Å². The van der Waals surface area contributed by atoms with Gasteiger partial charge in [0, 0.05) is 5.56 Å². The van der Waals surface area contributed by atoms with Crippen LogP contribution in [0, 0.1) is 23.3 Å². The van der Waals surface area contributed by atoms with Crippen LogP contribution in [0.1, 0.15) is 42.0 Å². The van der Waals surface area contributed by atoms with Crippen molar-refractivity contribution < 1.29 is 30.7 Å². The Morgan fingerprint density at radius 3 is 1.85 bits per heavy atom. The minimum absolute atomic E-state index is 0.122. The number of rotatable bonds is 6. The zero-order valence-electron chi connectivity index (χ0n) is 14.4. The van der Waals surface area contributed by atoms with E-state index < -0.39 is 35.0 Å². The van der Waals surface area contributed by atoms with E-state index in [1.54, 1.807) is 12.2 Å². The lowest BCUT2D eigenvalue weighted by Crippen LogP contribution is -2.12. The van der Waals surface area contributed by atoms with Gasteiger partial charge in [-0.1, -0.05) is 25.5 Å². The highest BCUT2D eigenvalue weighted by Crippen LogP contribution is 2.34. The Balaban J connectivity index is 2.20. The maximum atomic E-state index is 14.1. The van der Waals surface area contributed by atoms with Gasteiger partial charge in [-0.15, -0.1) is 0 Å². The summed E-state index contributed by atoms with van der Waals surface area (Å²) < 4.78 is 93.1. The topological polar surface area (TPSA) is 0 Å². The maximum absolute atomic E-state index is 14.1. The molecule has 0 radical (unpaired) electrons. The molecule has 7 heteroatoms. The van der Waals surface area contributed by atoms with Crippen molar-refractivity contribution in [3.8, 4) is 0 Å². The fourth-order valence-electron chi connectivity index (χ4n) is 2.65. The minimum atomic E-state index is -5.16. The van der Waals surface area contributed by atoms with Crippen molar-refractivity contribution in [3.05, 3.63) is 75.9 Å². The van der Waals surface area contributed by atoms with Gasteiger partial charge in [-0.3, -0.25) is 0 Å². The van der Waals surface area contributed by atoms with Gasteiger partial charge in [0.15, 0.2) is 0 Å². The Morgan fingerprint density at radius 2 is 1.37 bits per heavy atom. The first-order chi connectivity index (χ1) is 12.6. The quantitative estimate of drug-likeness (QED) is 0.473. The average Bonchev–Trinajstić information content (AvgIpc) is 2.52. The molecule has 27 heavy (non-hydrogen) atoms. The second-order valence-electron chi connectivity index (χ2n) is 6.09. The van der Waals surface area contributed by atoms with Crippen LogP contribution >= 0.6 is 0 Å². The summed E-state index contributed by atoms with van der Waals surface area (Å²) in [4.78, 5) is 0. The summed E-state index contributed by atoms with van der Waals surface area (Å²) >= 11 is 0. The van der Waals surface area contributed by atoms with Crippen LogP contribution in [-0.4, -0.2) is 0 Å². The molecule has 0 amide bonds. The zero-order chi connectivity index (χ0) is 20.2. The lowest BCUT2D eigenvalue weighted by Gasteiger charge is -2.11. The summed E-state index contributed by atoms with van der Waals surface area (Å²) in [6, 6.07) is 3.34. The number of hydrogen-bond donors (Lipinski definition) is 0. The molecule has 146 valence electrons. The summed E-state index contributed by atoms with van der Waals surface area (Å²) in [5.41, 5.74) is -2.05. The average molecular weight is 390 g/mol. The second-order valence-corrected chi connectivity index (χ2v) is 6.09. The van der Waals surface area contributed by atoms with Crippen LogP contribution in [0.3, 0.4) is 0 Å². The van der Waals surface area contributed by atoms with E-state index in [2.05, 4.69) is 0 Å². The molecule has 2 aromatic rings. The zero-order valence-corrected chi connectivity index (χ0v) is 14.4. The van der Waals surface area contributed by atoms with Crippen LogP contribution in [0.2, 0.25) is 0 Å². The lowest BCUT2D eigenvalue weighted by molar-refractivity contribution is -0.142. The molecule has 0 aliphatic heterocycles. The second kappa shape index (κ2) is 8.59. The van der Waals surface area contributed by atoms with Gasteiger partial charge in [0.2, 0.25) is 0 Å². The molecular formula is C20H17F7. The Morgan fingerprint density at radius 1 is 0.815 bits per heavy atom. The van der Waals surface area contributed by atoms with Gasteiger partial charge in [0.1, 0.15) is 28.8 Å². The Kier molecular flexibility index (Phi) is 6.68. The van der Waals surface area contributed by atoms with E-state index in [0.717, 1.165) is 25.0 Å². The third-order valence-electron chi connectivity index (χ3n) is 3.98. The number of hydrogen-bond acceptors (Lipinski definition) is 0. The molecule has 0 unspecified atom stereocenters. The summed E-state index contributed by atoms with van der Waals surface area (Å²) in [5.74, 6) is -5.15. The van der Waals surface area contributed by atoms with Crippen LogP contribution < -0.4 is 0 Å². The molecule has 0 fully saturated rings. The maximum Gasteiger partial charge on any atom is 0.422 e. The molecule has 0 heterocycles. The number of benzene rings is 2. The van der Waals surface area contributed by atoms with Crippen molar-refractivity contribution in [2.45, 2.75) is 38.8 Å². The van der Waals surface area contributed by atoms with Gasteiger partial charge >= 0.3 is 6.18 Å². The van der Waals surface area contributed by atoms with E-state index in [1.807, 2.05) is 6.92 Å². The molecular weight excluding hydrogens is 373 g/mol. The van der Waals surface area contributed by atoms with Crippen LogP contribution in [0.4, 0.5) is 30.7 Å². The number of aryl methyl sites for hydroxylation is 1.